The zero-order chi connectivity index (χ0) is 13.0. The fourth-order valence-electron chi connectivity index (χ4n) is 2.05. The molecule has 1 aromatic heterocycles. The van der Waals surface area contributed by atoms with Crippen LogP contribution in [0.1, 0.15) is 12.1 Å². The molecule has 0 aliphatic rings. The molecule has 1 aromatic carbocycles. The second kappa shape index (κ2) is 6.03. The lowest BCUT2D eigenvalue weighted by molar-refractivity contribution is 0.689. The fraction of sp³-hybridized carbons (Fsp3) is 0.357. The average molecular weight is 264 g/mol. The lowest BCUT2D eigenvalue weighted by atomic mass is 10.0. The molecule has 0 bridgehead atoms. The lowest BCUT2D eigenvalue weighted by Gasteiger charge is -2.03. The van der Waals surface area contributed by atoms with Crippen LogP contribution >= 0.6 is 11.6 Å². The minimum absolute atomic E-state index is 0.762. The van der Waals surface area contributed by atoms with Gasteiger partial charge in [0.1, 0.15) is 0 Å². The zero-order valence-electron chi connectivity index (χ0n) is 10.8. The van der Waals surface area contributed by atoms with E-state index in [4.69, 9.17) is 11.6 Å². The molecule has 0 atom stereocenters. The quantitative estimate of drug-likeness (QED) is 0.841. The second-order valence-corrected chi connectivity index (χ2v) is 4.82. The summed E-state index contributed by atoms with van der Waals surface area (Å²) in [5.41, 5.74) is 3.45. The maximum Gasteiger partial charge on any atom is 0.0703 e. The van der Waals surface area contributed by atoms with Gasteiger partial charge in [0.05, 0.1) is 5.69 Å². The Hall–Kier alpha value is -1.32. The molecular weight excluding hydrogens is 246 g/mol. The highest BCUT2D eigenvalue weighted by molar-refractivity contribution is 6.30. The van der Waals surface area contributed by atoms with E-state index in [0.717, 1.165) is 35.7 Å². The van der Waals surface area contributed by atoms with Crippen molar-refractivity contribution in [2.75, 3.05) is 13.6 Å². The predicted molar refractivity (Wildman–Crippen MR) is 75.9 cm³/mol. The Morgan fingerprint density at radius 1 is 1.39 bits per heavy atom. The molecule has 0 aliphatic heterocycles. The third-order valence-electron chi connectivity index (χ3n) is 2.88. The van der Waals surface area contributed by atoms with Crippen molar-refractivity contribution in [2.45, 2.75) is 12.8 Å². The Balaban J connectivity index is 2.26. The van der Waals surface area contributed by atoms with Crippen molar-refractivity contribution in [3.63, 3.8) is 0 Å². The van der Waals surface area contributed by atoms with E-state index < -0.39 is 0 Å². The highest BCUT2D eigenvalue weighted by atomic mass is 35.5. The van der Waals surface area contributed by atoms with Gasteiger partial charge in [-0.15, -0.1) is 0 Å². The van der Waals surface area contributed by atoms with E-state index in [9.17, 15) is 0 Å². The van der Waals surface area contributed by atoms with Crippen LogP contribution < -0.4 is 5.32 Å². The van der Waals surface area contributed by atoms with E-state index in [-0.39, 0.29) is 0 Å². The summed E-state index contributed by atoms with van der Waals surface area (Å²) in [4.78, 5) is 0. The first-order valence-electron chi connectivity index (χ1n) is 6.14. The van der Waals surface area contributed by atoms with Crippen LogP contribution in [0.25, 0.3) is 11.1 Å². The predicted octanol–water partition coefficient (Wildman–Crippen LogP) is 2.89. The number of benzene rings is 1. The van der Waals surface area contributed by atoms with Crippen molar-refractivity contribution >= 4 is 11.6 Å². The Morgan fingerprint density at radius 2 is 2.22 bits per heavy atom. The summed E-state index contributed by atoms with van der Waals surface area (Å²) in [7, 11) is 3.92. The smallest absolute Gasteiger partial charge is 0.0703 e. The fourth-order valence-corrected chi connectivity index (χ4v) is 2.24. The number of aryl methyl sites for hydroxylation is 2. The van der Waals surface area contributed by atoms with Gasteiger partial charge in [-0.05, 0) is 44.1 Å². The van der Waals surface area contributed by atoms with Crippen molar-refractivity contribution in [1.29, 1.82) is 0 Å². The molecule has 0 fully saturated rings. The number of hydrogen-bond acceptors (Lipinski definition) is 2. The summed E-state index contributed by atoms with van der Waals surface area (Å²) >= 11 is 6.04. The summed E-state index contributed by atoms with van der Waals surface area (Å²) in [6, 6.07) is 7.93. The number of rotatable bonds is 5. The van der Waals surface area contributed by atoms with Gasteiger partial charge < -0.3 is 5.32 Å². The molecule has 0 saturated heterocycles. The first-order valence-corrected chi connectivity index (χ1v) is 6.51. The summed E-state index contributed by atoms with van der Waals surface area (Å²) in [6.07, 6.45) is 4.12. The number of nitrogens with one attached hydrogen (secondary N) is 1. The number of nitrogens with zero attached hydrogens (tertiary/aromatic N) is 2. The Bertz CT molecular complexity index is 520. The molecule has 0 aliphatic carbocycles. The molecule has 0 spiro atoms. The van der Waals surface area contributed by atoms with Crippen molar-refractivity contribution in [3.8, 4) is 11.1 Å². The van der Waals surface area contributed by atoms with Gasteiger partial charge >= 0.3 is 0 Å². The third kappa shape index (κ3) is 3.12. The Labute approximate surface area is 113 Å². The molecule has 2 rings (SSSR count). The first kappa shape index (κ1) is 13.1. The average Bonchev–Trinajstić information content (AvgIpc) is 2.71. The molecule has 1 heterocycles. The maximum atomic E-state index is 6.04. The minimum atomic E-state index is 0.762. The van der Waals surface area contributed by atoms with Crippen LogP contribution in [0.2, 0.25) is 5.02 Å². The molecule has 0 radical (unpaired) electrons. The third-order valence-corrected chi connectivity index (χ3v) is 3.12. The van der Waals surface area contributed by atoms with E-state index in [2.05, 4.69) is 22.7 Å². The zero-order valence-corrected chi connectivity index (χ0v) is 11.5. The summed E-state index contributed by atoms with van der Waals surface area (Å²) in [6.45, 7) is 1.01. The van der Waals surface area contributed by atoms with Gasteiger partial charge in [-0.25, -0.2) is 0 Å². The standard InChI is InChI=1S/C14H18ClN3/c1-16-8-4-7-14-13(10-18(2)17-14)11-5-3-6-12(15)9-11/h3,5-6,9-10,16H,4,7-8H2,1-2H3. The topological polar surface area (TPSA) is 29.9 Å². The monoisotopic (exact) mass is 263 g/mol. The largest absolute Gasteiger partial charge is 0.320 e. The molecule has 0 amide bonds. The first-order chi connectivity index (χ1) is 8.70. The van der Waals surface area contributed by atoms with E-state index in [0.29, 0.717) is 0 Å². The van der Waals surface area contributed by atoms with Gasteiger partial charge in [-0.2, -0.15) is 5.10 Å². The van der Waals surface area contributed by atoms with Crippen LogP contribution in [0.4, 0.5) is 0 Å². The van der Waals surface area contributed by atoms with Crippen molar-refractivity contribution in [3.05, 3.63) is 41.2 Å². The van der Waals surface area contributed by atoms with Crippen LogP contribution in [-0.4, -0.2) is 23.4 Å². The highest BCUT2D eigenvalue weighted by Crippen LogP contribution is 2.26. The van der Waals surface area contributed by atoms with Gasteiger partial charge in [-0.1, -0.05) is 23.7 Å². The second-order valence-electron chi connectivity index (χ2n) is 4.38. The molecule has 96 valence electrons. The molecule has 1 N–H and O–H groups in total. The number of hydrogen-bond donors (Lipinski definition) is 1. The van der Waals surface area contributed by atoms with E-state index >= 15 is 0 Å². The van der Waals surface area contributed by atoms with E-state index in [1.165, 1.54) is 5.56 Å². The van der Waals surface area contributed by atoms with Crippen molar-refractivity contribution in [2.24, 2.45) is 7.05 Å². The van der Waals surface area contributed by atoms with Gasteiger partial charge in [0.2, 0.25) is 0 Å². The van der Waals surface area contributed by atoms with Crippen LogP contribution in [-0.2, 0) is 13.5 Å². The van der Waals surface area contributed by atoms with Gasteiger partial charge in [0, 0.05) is 23.8 Å². The van der Waals surface area contributed by atoms with Crippen molar-refractivity contribution < 1.29 is 0 Å². The van der Waals surface area contributed by atoms with Crippen LogP contribution in [0.5, 0.6) is 0 Å². The van der Waals surface area contributed by atoms with Gasteiger partial charge in [-0.3, -0.25) is 4.68 Å². The highest BCUT2D eigenvalue weighted by Gasteiger charge is 2.09. The normalized spacial score (nSPS) is 10.8. The van der Waals surface area contributed by atoms with Gasteiger partial charge in [0.15, 0.2) is 0 Å². The molecular formula is C14H18ClN3. The molecule has 18 heavy (non-hydrogen) atoms. The SMILES string of the molecule is CNCCCc1nn(C)cc1-c1cccc(Cl)c1. The van der Waals surface area contributed by atoms with E-state index in [1.54, 1.807) is 0 Å². The summed E-state index contributed by atoms with van der Waals surface area (Å²) < 4.78 is 1.87. The van der Waals surface area contributed by atoms with Crippen molar-refractivity contribution in [1.82, 2.24) is 15.1 Å². The minimum Gasteiger partial charge on any atom is -0.320 e. The van der Waals surface area contributed by atoms with E-state index in [1.807, 2.05) is 37.0 Å². The molecule has 0 unspecified atom stereocenters. The Kier molecular flexibility index (Phi) is 4.39. The molecule has 3 nitrogen and oxygen atoms in total. The lowest BCUT2D eigenvalue weighted by Crippen LogP contribution is -2.08. The van der Waals surface area contributed by atoms with Gasteiger partial charge in [0.25, 0.3) is 0 Å². The molecule has 4 heteroatoms. The summed E-state index contributed by atoms with van der Waals surface area (Å²) in [5.74, 6) is 0. The molecule has 0 saturated carbocycles. The Morgan fingerprint density at radius 3 is 2.94 bits per heavy atom. The molecule has 2 aromatic rings. The maximum absolute atomic E-state index is 6.04. The van der Waals surface area contributed by atoms with Crippen LogP contribution in [0, 0.1) is 0 Å². The summed E-state index contributed by atoms with van der Waals surface area (Å²) in [5, 5.41) is 8.45. The number of aromatic nitrogens is 2. The van der Waals surface area contributed by atoms with Crippen LogP contribution in [0.3, 0.4) is 0 Å². The number of halogens is 1. The van der Waals surface area contributed by atoms with Crippen LogP contribution in [0.15, 0.2) is 30.5 Å².